The summed E-state index contributed by atoms with van der Waals surface area (Å²) in [6, 6.07) is 5.59. The van der Waals surface area contributed by atoms with Crippen LogP contribution >= 0.6 is 54.5 Å². The Morgan fingerprint density at radius 1 is 0.864 bits per heavy atom. The van der Waals surface area contributed by atoms with Gasteiger partial charge in [-0.3, -0.25) is 0 Å². The molecule has 1 aliphatic rings. The lowest BCUT2D eigenvalue weighted by Gasteiger charge is -2.33. The van der Waals surface area contributed by atoms with Gasteiger partial charge >= 0.3 is 0 Å². The van der Waals surface area contributed by atoms with Crippen LogP contribution in [0.25, 0.3) is 0 Å². The van der Waals surface area contributed by atoms with Gasteiger partial charge in [0.15, 0.2) is 0 Å². The summed E-state index contributed by atoms with van der Waals surface area (Å²) >= 11 is 10.7. The molecule has 0 unspecified atom stereocenters. The van der Waals surface area contributed by atoms with Crippen LogP contribution in [0.4, 0.5) is 0 Å². The topological polar surface area (TPSA) is 24.1 Å². The second-order valence-corrected chi connectivity index (χ2v) is 9.54. The Kier molecular flexibility index (Phi) is 6.53. The highest BCUT2D eigenvalue weighted by Gasteiger charge is 2.24. The van der Waals surface area contributed by atoms with Gasteiger partial charge in [0.25, 0.3) is 0 Å². The Labute approximate surface area is 157 Å². The van der Waals surface area contributed by atoms with Crippen molar-refractivity contribution in [3.63, 3.8) is 0 Å². The van der Waals surface area contributed by atoms with Crippen molar-refractivity contribution in [2.24, 2.45) is 0 Å². The monoisotopic (exact) mass is 462 g/mol. The number of thiophene rings is 2. The summed E-state index contributed by atoms with van der Waals surface area (Å²) in [6.45, 7) is 1.95. The Balaban J connectivity index is 1.51. The zero-order chi connectivity index (χ0) is 15.4. The summed E-state index contributed by atoms with van der Waals surface area (Å²) < 4.78 is 2.38. The van der Waals surface area contributed by atoms with Crippen molar-refractivity contribution in [3.8, 4) is 0 Å². The molecule has 0 aliphatic heterocycles. The molecule has 3 rings (SSSR count). The predicted octanol–water partition coefficient (Wildman–Crippen LogP) is 5.53. The molecule has 0 saturated heterocycles. The van der Waals surface area contributed by atoms with Crippen LogP contribution in [0.2, 0.25) is 0 Å². The molecule has 2 aromatic rings. The summed E-state index contributed by atoms with van der Waals surface area (Å²) in [4.78, 5) is 2.80. The van der Waals surface area contributed by atoms with E-state index in [0.717, 1.165) is 13.1 Å². The maximum absolute atomic E-state index is 3.76. The molecule has 22 heavy (non-hydrogen) atoms. The minimum Gasteiger partial charge on any atom is -0.308 e. The van der Waals surface area contributed by atoms with Gasteiger partial charge in [-0.05, 0) is 56.8 Å². The summed E-state index contributed by atoms with van der Waals surface area (Å²) in [5.74, 6) is 0. The van der Waals surface area contributed by atoms with E-state index in [1.807, 2.05) is 22.7 Å². The lowest BCUT2D eigenvalue weighted by molar-refractivity contribution is 0.282. The van der Waals surface area contributed by atoms with Crippen LogP contribution in [-0.2, 0) is 13.1 Å². The number of hydrogen-bond donors (Lipinski definition) is 2. The maximum atomic E-state index is 3.76. The third kappa shape index (κ3) is 4.89. The lowest BCUT2D eigenvalue weighted by atomic mass is 9.90. The van der Waals surface area contributed by atoms with Crippen LogP contribution in [-0.4, -0.2) is 12.1 Å². The summed E-state index contributed by atoms with van der Waals surface area (Å²) in [6.07, 6.45) is 5.24. The molecule has 2 heterocycles. The smallest absolute Gasteiger partial charge is 0.0303 e. The Morgan fingerprint density at radius 2 is 1.32 bits per heavy atom. The van der Waals surface area contributed by atoms with Crippen LogP contribution in [0.1, 0.15) is 35.4 Å². The summed E-state index contributed by atoms with van der Waals surface area (Å²) in [5, 5.41) is 11.8. The van der Waals surface area contributed by atoms with Gasteiger partial charge < -0.3 is 10.6 Å². The summed E-state index contributed by atoms with van der Waals surface area (Å²) in [7, 11) is 0. The van der Waals surface area contributed by atoms with Gasteiger partial charge in [0.1, 0.15) is 0 Å². The van der Waals surface area contributed by atoms with E-state index < -0.39 is 0 Å². The average Bonchev–Trinajstić information content (AvgIpc) is 3.12. The van der Waals surface area contributed by atoms with Gasteiger partial charge in [-0.2, -0.15) is 0 Å². The molecule has 0 bridgehead atoms. The van der Waals surface area contributed by atoms with Crippen LogP contribution in [0.15, 0.2) is 31.8 Å². The first-order valence-electron chi connectivity index (χ1n) is 7.63. The highest BCUT2D eigenvalue weighted by Crippen LogP contribution is 2.24. The van der Waals surface area contributed by atoms with Gasteiger partial charge in [-0.15, -0.1) is 22.7 Å². The Morgan fingerprint density at radius 3 is 1.68 bits per heavy atom. The number of hydrogen-bond acceptors (Lipinski definition) is 4. The standard InChI is InChI=1S/C16H20Br2N2S2/c17-11-5-13(21-9-11)7-19-15-3-1-2-4-16(15)20-8-14-6-12(18)10-22-14/h5-6,9-10,15-16,19-20H,1-4,7-8H2/t15-,16-/m0/s1. The minimum atomic E-state index is 0.582. The first kappa shape index (κ1) is 17.1. The number of halogens is 2. The van der Waals surface area contributed by atoms with Crippen LogP contribution in [0, 0.1) is 0 Å². The van der Waals surface area contributed by atoms with Gasteiger partial charge in [-0.1, -0.05) is 12.8 Å². The van der Waals surface area contributed by atoms with Gasteiger partial charge in [-0.25, -0.2) is 0 Å². The molecule has 1 aliphatic carbocycles. The van der Waals surface area contributed by atoms with Crippen molar-refractivity contribution >= 4 is 54.5 Å². The van der Waals surface area contributed by atoms with E-state index in [9.17, 15) is 0 Å². The first-order chi connectivity index (χ1) is 10.7. The molecule has 0 amide bonds. The van der Waals surface area contributed by atoms with Gasteiger partial charge in [0.05, 0.1) is 0 Å². The van der Waals surface area contributed by atoms with Crippen LogP contribution in [0.3, 0.4) is 0 Å². The van der Waals surface area contributed by atoms with Gasteiger partial charge in [0, 0.05) is 54.6 Å². The summed E-state index contributed by atoms with van der Waals surface area (Å²) in [5.41, 5.74) is 0. The maximum Gasteiger partial charge on any atom is 0.0303 e. The van der Waals surface area contributed by atoms with E-state index in [1.165, 1.54) is 44.4 Å². The zero-order valence-electron chi connectivity index (χ0n) is 12.3. The third-order valence-electron chi connectivity index (χ3n) is 4.09. The molecule has 2 atom stereocenters. The molecule has 2 nitrogen and oxygen atoms in total. The molecule has 1 saturated carbocycles. The number of nitrogens with one attached hydrogen (secondary N) is 2. The van der Waals surface area contributed by atoms with Crippen molar-refractivity contribution < 1.29 is 0 Å². The van der Waals surface area contributed by atoms with Crippen LogP contribution in [0.5, 0.6) is 0 Å². The van der Waals surface area contributed by atoms with E-state index >= 15 is 0 Å². The molecular weight excluding hydrogens is 444 g/mol. The lowest BCUT2D eigenvalue weighted by Crippen LogP contribution is -2.49. The third-order valence-corrected chi connectivity index (χ3v) is 7.48. The van der Waals surface area contributed by atoms with Crippen molar-refractivity contribution in [1.82, 2.24) is 10.6 Å². The highest BCUT2D eigenvalue weighted by atomic mass is 79.9. The predicted molar refractivity (Wildman–Crippen MR) is 104 cm³/mol. The van der Waals surface area contributed by atoms with Crippen molar-refractivity contribution in [2.75, 3.05) is 0 Å². The molecule has 0 radical (unpaired) electrons. The zero-order valence-corrected chi connectivity index (χ0v) is 17.1. The highest BCUT2D eigenvalue weighted by molar-refractivity contribution is 9.10. The second kappa shape index (κ2) is 8.40. The number of rotatable bonds is 6. The van der Waals surface area contributed by atoms with Gasteiger partial charge in [0.2, 0.25) is 0 Å². The fraction of sp³-hybridized carbons (Fsp3) is 0.500. The van der Waals surface area contributed by atoms with E-state index in [0.29, 0.717) is 12.1 Å². The largest absolute Gasteiger partial charge is 0.308 e. The molecule has 0 aromatic carbocycles. The van der Waals surface area contributed by atoms with Crippen LogP contribution < -0.4 is 10.6 Å². The molecule has 120 valence electrons. The molecular formula is C16H20Br2N2S2. The van der Waals surface area contributed by atoms with E-state index in [4.69, 9.17) is 0 Å². The quantitative estimate of drug-likeness (QED) is 0.588. The molecule has 2 N–H and O–H groups in total. The molecule has 0 spiro atoms. The Bertz CT molecular complexity index is 544. The SMILES string of the molecule is Brc1csc(CN[C@H]2CCCC[C@@H]2NCc2cc(Br)cs2)c1. The molecule has 2 aromatic heterocycles. The average molecular weight is 464 g/mol. The van der Waals surface area contributed by atoms with E-state index in [-0.39, 0.29) is 0 Å². The molecule has 6 heteroatoms. The second-order valence-electron chi connectivity index (χ2n) is 5.72. The Hall–Kier alpha value is 0.280. The van der Waals surface area contributed by atoms with Crippen molar-refractivity contribution in [1.29, 1.82) is 0 Å². The fourth-order valence-corrected chi connectivity index (χ4v) is 5.78. The first-order valence-corrected chi connectivity index (χ1v) is 11.0. The minimum absolute atomic E-state index is 0.582. The van der Waals surface area contributed by atoms with E-state index in [2.05, 4.69) is 65.4 Å². The van der Waals surface area contributed by atoms with Crippen molar-refractivity contribution in [3.05, 3.63) is 41.6 Å². The fourth-order valence-electron chi connectivity index (χ4n) is 2.98. The van der Waals surface area contributed by atoms with Crippen molar-refractivity contribution in [2.45, 2.75) is 50.9 Å². The van der Waals surface area contributed by atoms with E-state index in [1.54, 1.807) is 0 Å². The molecule has 1 fully saturated rings. The normalized spacial score (nSPS) is 22.1.